The van der Waals surface area contributed by atoms with E-state index in [4.69, 9.17) is 9.47 Å². The second kappa shape index (κ2) is 7.74. The van der Waals surface area contributed by atoms with Gasteiger partial charge in [0.25, 0.3) is 5.91 Å². The van der Waals surface area contributed by atoms with Gasteiger partial charge in [0, 0.05) is 39.0 Å². The molecule has 0 unspecified atom stereocenters. The molecule has 1 fully saturated rings. The molecule has 2 heterocycles. The maximum Gasteiger partial charge on any atom is 0.321 e. The van der Waals surface area contributed by atoms with E-state index in [2.05, 4.69) is 5.32 Å². The van der Waals surface area contributed by atoms with E-state index in [1.807, 2.05) is 0 Å². The highest BCUT2D eigenvalue weighted by molar-refractivity contribution is 5.98. The second-order valence-corrected chi connectivity index (χ2v) is 6.55. The average Bonchev–Trinajstić information content (AvgIpc) is 3.11. The molecule has 7 nitrogen and oxygen atoms in total. The molecule has 2 aliphatic heterocycles. The van der Waals surface area contributed by atoms with Crippen molar-refractivity contribution in [2.75, 3.05) is 44.1 Å². The van der Waals surface area contributed by atoms with Gasteiger partial charge in [-0.2, -0.15) is 0 Å². The van der Waals surface area contributed by atoms with Gasteiger partial charge in [0.05, 0.1) is 11.8 Å². The van der Waals surface area contributed by atoms with Crippen LogP contribution in [0.4, 0.5) is 16.2 Å². The first-order chi connectivity index (χ1) is 12.0. The quantitative estimate of drug-likeness (QED) is 0.888. The predicted octanol–water partition coefficient (Wildman–Crippen LogP) is 2.46. The van der Waals surface area contributed by atoms with E-state index in [0.29, 0.717) is 29.8 Å². The number of nitrogens with zero attached hydrogens (tertiary/aromatic N) is 2. The van der Waals surface area contributed by atoms with Crippen LogP contribution in [-0.4, -0.2) is 56.8 Å². The standard InChI is InChI=1S/C18H25N3O4/c1-20(9-3-5-14-6-4-10-24-14)18(23)19-13-7-8-15-16(11-13)25-12-17(22)21(15)2/h7-8,11,14H,3-6,9-10,12H2,1-2H3,(H,19,23)/t14-/m1/s1. The van der Waals surface area contributed by atoms with Gasteiger partial charge < -0.3 is 24.6 Å². The molecule has 1 saturated heterocycles. The fraction of sp³-hybridized carbons (Fsp3) is 0.556. The molecular weight excluding hydrogens is 322 g/mol. The SMILES string of the molecule is CN(CCC[C@@H]1CCCO1)C(=O)Nc1ccc2c(c1)OCC(=O)N2C. The Hall–Kier alpha value is -2.28. The summed E-state index contributed by atoms with van der Waals surface area (Å²) in [6.45, 7) is 1.57. The summed E-state index contributed by atoms with van der Waals surface area (Å²) in [5, 5.41) is 2.87. The van der Waals surface area contributed by atoms with Crippen LogP contribution in [0.2, 0.25) is 0 Å². The van der Waals surface area contributed by atoms with E-state index in [0.717, 1.165) is 32.3 Å². The van der Waals surface area contributed by atoms with Crippen molar-refractivity contribution in [1.82, 2.24) is 4.90 Å². The molecule has 0 radical (unpaired) electrons. The number of hydrogen-bond acceptors (Lipinski definition) is 4. The highest BCUT2D eigenvalue weighted by Crippen LogP contribution is 2.33. The van der Waals surface area contributed by atoms with Crippen LogP contribution in [0.3, 0.4) is 0 Å². The van der Waals surface area contributed by atoms with Gasteiger partial charge in [0.1, 0.15) is 5.75 Å². The van der Waals surface area contributed by atoms with Gasteiger partial charge in [0.2, 0.25) is 0 Å². The number of fused-ring (bicyclic) bond motifs is 1. The summed E-state index contributed by atoms with van der Waals surface area (Å²) in [5.41, 5.74) is 1.36. The summed E-state index contributed by atoms with van der Waals surface area (Å²) in [5.74, 6) is 0.510. The molecule has 7 heteroatoms. The third kappa shape index (κ3) is 4.22. The number of hydrogen-bond donors (Lipinski definition) is 1. The van der Waals surface area contributed by atoms with Gasteiger partial charge >= 0.3 is 6.03 Å². The normalized spacial score (nSPS) is 19.4. The second-order valence-electron chi connectivity index (χ2n) is 6.55. The molecule has 0 aromatic heterocycles. The number of carbonyl (C=O) groups excluding carboxylic acids is 2. The summed E-state index contributed by atoms with van der Waals surface area (Å²) in [6.07, 6.45) is 4.54. The van der Waals surface area contributed by atoms with Crippen molar-refractivity contribution >= 4 is 23.3 Å². The number of nitrogens with one attached hydrogen (secondary N) is 1. The molecule has 0 aliphatic carbocycles. The van der Waals surface area contributed by atoms with Crippen molar-refractivity contribution in [2.45, 2.75) is 31.8 Å². The lowest BCUT2D eigenvalue weighted by Gasteiger charge is -2.26. The van der Waals surface area contributed by atoms with Gasteiger partial charge in [-0.25, -0.2) is 4.79 Å². The Bertz CT molecular complexity index is 643. The molecule has 1 N–H and O–H groups in total. The molecule has 0 spiro atoms. The molecule has 2 aliphatic rings. The van der Waals surface area contributed by atoms with Gasteiger partial charge in [-0.3, -0.25) is 4.79 Å². The van der Waals surface area contributed by atoms with Crippen LogP contribution < -0.4 is 15.0 Å². The monoisotopic (exact) mass is 347 g/mol. The van der Waals surface area contributed by atoms with E-state index in [9.17, 15) is 9.59 Å². The lowest BCUT2D eigenvalue weighted by Crippen LogP contribution is -2.35. The van der Waals surface area contributed by atoms with E-state index >= 15 is 0 Å². The maximum absolute atomic E-state index is 12.3. The first-order valence-corrected chi connectivity index (χ1v) is 8.71. The minimum atomic E-state index is -0.160. The number of amides is 3. The minimum Gasteiger partial charge on any atom is -0.481 e. The van der Waals surface area contributed by atoms with E-state index in [1.165, 1.54) is 0 Å². The van der Waals surface area contributed by atoms with E-state index in [1.54, 1.807) is 42.1 Å². The number of urea groups is 1. The van der Waals surface area contributed by atoms with Crippen LogP contribution in [0.25, 0.3) is 0 Å². The van der Waals surface area contributed by atoms with Gasteiger partial charge in [-0.1, -0.05) is 0 Å². The van der Waals surface area contributed by atoms with Gasteiger partial charge in [-0.15, -0.1) is 0 Å². The first-order valence-electron chi connectivity index (χ1n) is 8.71. The summed E-state index contributed by atoms with van der Waals surface area (Å²) in [6, 6.07) is 5.14. The molecule has 3 amide bonds. The fourth-order valence-corrected chi connectivity index (χ4v) is 3.10. The highest BCUT2D eigenvalue weighted by atomic mass is 16.5. The topological polar surface area (TPSA) is 71.1 Å². The average molecular weight is 347 g/mol. The molecule has 136 valence electrons. The minimum absolute atomic E-state index is 0.0179. The van der Waals surface area contributed by atoms with Crippen LogP contribution in [0.15, 0.2) is 18.2 Å². The smallest absolute Gasteiger partial charge is 0.321 e. The molecule has 1 atom stereocenters. The summed E-state index contributed by atoms with van der Waals surface area (Å²) in [4.78, 5) is 27.2. The lowest BCUT2D eigenvalue weighted by atomic mass is 10.1. The number of carbonyl (C=O) groups is 2. The Kier molecular flexibility index (Phi) is 5.43. The number of benzene rings is 1. The highest BCUT2D eigenvalue weighted by Gasteiger charge is 2.22. The molecular formula is C18H25N3O4. The summed E-state index contributed by atoms with van der Waals surface area (Å²) < 4.78 is 11.0. The van der Waals surface area contributed by atoms with Crippen LogP contribution in [0, 0.1) is 0 Å². The molecule has 1 aromatic carbocycles. The zero-order valence-electron chi connectivity index (χ0n) is 14.8. The predicted molar refractivity (Wildman–Crippen MR) is 95.2 cm³/mol. The zero-order valence-corrected chi connectivity index (χ0v) is 14.8. The van der Waals surface area contributed by atoms with Crippen molar-refractivity contribution in [2.24, 2.45) is 0 Å². The van der Waals surface area contributed by atoms with Gasteiger partial charge in [0.15, 0.2) is 6.61 Å². The Morgan fingerprint density at radius 2 is 2.28 bits per heavy atom. The Morgan fingerprint density at radius 3 is 3.04 bits per heavy atom. The largest absolute Gasteiger partial charge is 0.481 e. The Balaban J connectivity index is 1.51. The number of anilines is 2. The Morgan fingerprint density at radius 1 is 1.44 bits per heavy atom. The van der Waals surface area contributed by atoms with E-state index in [-0.39, 0.29) is 18.5 Å². The zero-order chi connectivity index (χ0) is 17.8. The third-order valence-corrected chi connectivity index (χ3v) is 4.69. The molecule has 1 aromatic rings. The molecule has 3 rings (SSSR count). The third-order valence-electron chi connectivity index (χ3n) is 4.69. The van der Waals surface area contributed by atoms with Gasteiger partial charge in [-0.05, 0) is 37.8 Å². The van der Waals surface area contributed by atoms with Crippen LogP contribution in [0.1, 0.15) is 25.7 Å². The maximum atomic E-state index is 12.3. The Labute approximate surface area is 147 Å². The van der Waals surface area contributed by atoms with Crippen LogP contribution >= 0.6 is 0 Å². The molecule has 0 saturated carbocycles. The molecule has 0 bridgehead atoms. The fourth-order valence-electron chi connectivity index (χ4n) is 3.10. The van der Waals surface area contributed by atoms with Crippen molar-refractivity contribution in [3.05, 3.63) is 18.2 Å². The number of rotatable bonds is 5. The van der Waals surface area contributed by atoms with Crippen molar-refractivity contribution < 1.29 is 19.1 Å². The summed E-state index contributed by atoms with van der Waals surface area (Å²) >= 11 is 0. The first kappa shape index (κ1) is 17.5. The molecule has 25 heavy (non-hydrogen) atoms. The van der Waals surface area contributed by atoms with Crippen molar-refractivity contribution in [3.63, 3.8) is 0 Å². The van der Waals surface area contributed by atoms with Crippen LogP contribution in [0.5, 0.6) is 5.75 Å². The lowest BCUT2D eigenvalue weighted by molar-refractivity contribution is -0.120. The number of ether oxygens (including phenoxy) is 2. The van der Waals surface area contributed by atoms with Crippen molar-refractivity contribution in [1.29, 1.82) is 0 Å². The van der Waals surface area contributed by atoms with E-state index < -0.39 is 0 Å². The summed E-state index contributed by atoms with van der Waals surface area (Å²) in [7, 11) is 3.50. The van der Waals surface area contributed by atoms with Crippen LogP contribution in [-0.2, 0) is 9.53 Å². The number of likely N-dealkylation sites (N-methyl/N-ethyl adjacent to an activating group) is 1. The van der Waals surface area contributed by atoms with Crippen molar-refractivity contribution in [3.8, 4) is 5.75 Å².